The molecule has 2 aliphatic rings. The number of nitrogens with one attached hydrogen (secondary N) is 1. The van der Waals surface area contributed by atoms with Gasteiger partial charge in [0.25, 0.3) is 0 Å². The second-order valence-corrected chi connectivity index (χ2v) is 5.81. The normalized spacial score (nSPS) is 24.5. The monoisotopic (exact) mass is 256 g/mol. The predicted octanol–water partition coefficient (Wildman–Crippen LogP) is 2.62. The summed E-state index contributed by atoms with van der Waals surface area (Å²) in [5.74, 6) is 1.83. The number of hydrogen-bond donors (Lipinski definition) is 1. The molecular formula is C15H20N4. The summed E-state index contributed by atoms with van der Waals surface area (Å²) in [6.45, 7) is 2.22. The third kappa shape index (κ3) is 1.86. The summed E-state index contributed by atoms with van der Waals surface area (Å²) < 4.78 is 2.44. The molecule has 3 heterocycles. The molecule has 2 fully saturated rings. The van der Waals surface area contributed by atoms with E-state index in [-0.39, 0.29) is 0 Å². The van der Waals surface area contributed by atoms with Gasteiger partial charge in [-0.3, -0.25) is 0 Å². The van der Waals surface area contributed by atoms with Gasteiger partial charge >= 0.3 is 0 Å². The lowest BCUT2D eigenvalue weighted by atomic mass is 9.91. The second kappa shape index (κ2) is 4.60. The summed E-state index contributed by atoms with van der Waals surface area (Å²) in [6, 6.07) is 4.72. The van der Waals surface area contributed by atoms with E-state index in [9.17, 15) is 0 Å². The highest BCUT2D eigenvalue weighted by Crippen LogP contribution is 2.37. The molecule has 1 atom stereocenters. The average molecular weight is 256 g/mol. The first kappa shape index (κ1) is 11.4. The van der Waals surface area contributed by atoms with Gasteiger partial charge in [-0.05, 0) is 50.8 Å². The zero-order valence-electron chi connectivity index (χ0n) is 11.2. The summed E-state index contributed by atoms with van der Waals surface area (Å²) in [4.78, 5) is 9.48. The third-order valence-corrected chi connectivity index (χ3v) is 4.58. The van der Waals surface area contributed by atoms with Gasteiger partial charge in [0, 0.05) is 24.7 Å². The minimum Gasteiger partial charge on any atom is -0.316 e. The van der Waals surface area contributed by atoms with Gasteiger partial charge < -0.3 is 9.88 Å². The molecule has 1 aliphatic carbocycles. The Morgan fingerprint density at radius 1 is 1.21 bits per heavy atom. The molecule has 0 amide bonds. The molecule has 1 N–H and O–H groups in total. The van der Waals surface area contributed by atoms with Crippen LogP contribution in [0.25, 0.3) is 11.2 Å². The first-order valence-corrected chi connectivity index (χ1v) is 7.47. The molecule has 0 aromatic carbocycles. The van der Waals surface area contributed by atoms with Gasteiger partial charge in [-0.15, -0.1) is 0 Å². The molecule has 4 heteroatoms. The SMILES string of the molecule is c1cnc2c(c1)nc(C1CCCNC1)n2C1CCC1. The molecule has 4 nitrogen and oxygen atoms in total. The number of pyridine rings is 1. The highest BCUT2D eigenvalue weighted by Gasteiger charge is 2.29. The van der Waals surface area contributed by atoms with Gasteiger partial charge in [0.1, 0.15) is 11.3 Å². The zero-order chi connectivity index (χ0) is 12.7. The van der Waals surface area contributed by atoms with E-state index in [1.165, 1.54) is 37.9 Å². The number of nitrogens with zero attached hydrogens (tertiary/aromatic N) is 3. The molecule has 100 valence electrons. The Morgan fingerprint density at radius 3 is 2.89 bits per heavy atom. The Hall–Kier alpha value is -1.42. The van der Waals surface area contributed by atoms with E-state index < -0.39 is 0 Å². The number of rotatable bonds is 2. The van der Waals surface area contributed by atoms with Crippen LogP contribution in [-0.4, -0.2) is 27.6 Å². The van der Waals surface area contributed by atoms with Crippen molar-refractivity contribution < 1.29 is 0 Å². The van der Waals surface area contributed by atoms with Crippen LogP contribution in [0.4, 0.5) is 0 Å². The fourth-order valence-electron chi connectivity index (χ4n) is 3.31. The number of hydrogen-bond acceptors (Lipinski definition) is 3. The number of fused-ring (bicyclic) bond motifs is 1. The second-order valence-electron chi connectivity index (χ2n) is 5.81. The van der Waals surface area contributed by atoms with Gasteiger partial charge in [0.2, 0.25) is 0 Å². The van der Waals surface area contributed by atoms with Crippen molar-refractivity contribution in [2.24, 2.45) is 0 Å². The molecule has 2 aromatic rings. The van der Waals surface area contributed by atoms with Crippen molar-refractivity contribution in [3.05, 3.63) is 24.2 Å². The molecule has 4 rings (SSSR count). The van der Waals surface area contributed by atoms with E-state index in [2.05, 4.69) is 20.9 Å². The smallest absolute Gasteiger partial charge is 0.160 e. The van der Waals surface area contributed by atoms with Gasteiger partial charge in [0.05, 0.1) is 0 Å². The van der Waals surface area contributed by atoms with Crippen LogP contribution in [0, 0.1) is 0 Å². The summed E-state index contributed by atoms with van der Waals surface area (Å²) >= 11 is 0. The lowest BCUT2D eigenvalue weighted by molar-refractivity contribution is 0.300. The van der Waals surface area contributed by atoms with E-state index in [1.807, 2.05) is 12.3 Å². The van der Waals surface area contributed by atoms with Crippen molar-refractivity contribution in [2.45, 2.75) is 44.1 Å². The molecule has 1 saturated carbocycles. The van der Waals surface area contributed by atoms with E-state index in [4.69, 9.17) is 4.98 Å². The van der Waals surface area contributed by atoms with Gasteiger partial charge in [0.15, 0.2) is 5.65 Å². The topological polar surface area (TPSA) is 42.7 Å². The summed E-state index contributed by atoms with van der Waals surface area (Å²) in [7, 11) is 0. The quantitative estimate of drug-likeness (QED) is 0.898. The number of imidazole rings is 1. The largest absolute Gasteiger partial charge is 0.316 e. The Labute approximate surface area is 113 Å². The van der Waals surface area contributed by atoms with Crippen LogP contribution < -0.4 is 5.32 Å². The first-order chi connectivity index (χ1) is 9.43. The van der Waals surface area contributed by atoms with Crippen molar-refractivity contribution >= 4 is 11.2 Å². The maximum atomic E-state index is 4.90. The van der Waals surface area contributed by atoms with Crippen LogP contribution in [0.2, 0.25) is 0 Å². The minimum atomic E-state index is 0.559. The fraction of sp³-hybridized carbons (Fsp3) is 0.600. The van der Waals surface area contributed by atoms with Crippen LogP contribution in [-0.2, 0) is 0 Å². The average Bonchev–Trinajstić information content (AvgIpc) is 2.78. The Balaban J connectivity index is 1.83. The Bertz CT molecular complexity index is 579. The molecule has 19 heavy (non-hydrogen) atoms. The van der Waals surface area contributed by atoms with Crippen LogP contribution >= 0.6 is 0 Å². The summed E-state index contributed by atoms with van der Waals surface area (Å²) in [6.07, 6.45) is 8.32. The van der Waals surface area contributed by atoms with Gasteiger partial charge in [-0.25, -0.2) is 9.97 Å². The van der Waals surface area contributed by atoms with Gasteiger partial charge in [-0.1, -0.05) is 0 Å². The summed E-state index contributed by atoms with van der Waals surface area (Å²) in [5, 5.41) is 3.51. The molecule has 1 saturated heterocycles. The van der Waals surface area contributed by atoms with Crippen molar-refractivity contribution in [3.63, 3.8) is 0 Å². The molecule has 0 radical (unpaired) electrons. The maximum absolute atomic E-state index is 4.90. The predicted molar refractivity (Wildman–Crippen MR) is 75.3 cm³/mol. The van der Waals surface area contributed by atoms with Crippen LogP contribution in [0.15, 0.2) is 18.3 Å². The highest BCUT2D eigenvalue weighted by atomic mass is 15.2. The molecular weight excluding hydrogens is 236 g/mol. The van der Waals surface area contributed by atoms with Crippen molar-refractivity contribution in [1.82, 2.24) is 19.9 Å². The third-order valence-electron chi connectivity index (χ3n) is 4.58. The van der Waals surface area contributed by atoms with E-state index in [0.29, 0.717) is 12.0 Å². The fourth-order valence-corrected chi connectivity index (χ4v) is 3.31. The van der Waals surface area contributed by atoms with Crippen LogP contribution in [0.3, 0.4) is 0 Å². The standard InChI is InChI=1S/C15H20N4/c1-5-12(6-1)19-14(11-4-2-8-16-10-11)18-13-7-3-9-17-15(13)19/h3,7,9,11-12,16H,1-2,4-6,8,10H2. The molecule has 2 aromatic heterocycles. The lowest BCUT2D eigenvalue weighted by Crippen LogP contribution is -2.31. The number of piperidine rings is 1. The highest BCUT2D eigenvalue weighted by molar-refractivity contribution is 5.71. The lowest BCUT2D eigenvalue weighted by Gasteiger charge is -2.31. The molecule has 1 aliphatic heterocycles. The van der Waals surface area contributed by atoms with E-state index in [0.717, 1.165) is 24.3 Å². The number of aromatic nitrogens is 3. The summed E-state index contributed by atoms with van der Waals surface area (Å²) in [5.41, 5.74) is 2.16. The molecule has 0 spiro atoms. The van der Waals surface area contributed by atoms with Crippen LogP contribution in [0.1, 0.15) is 49.9 Å². The molecule has 0 bridgehead atoms. The van der Waals surface area contributed by atoms with Crippen molar-refractivity contribution in [2.75, 3.05) is 13.1 Å². The van der Waals surface area contributed by atoms with E-state index in [1.54, 1.807) is 0 Å². The maximum Gasteiger partial charge on any atom is 0.160 e. The Morgan fingerprint density at radius 2 is 2.16 bits per heavy atom. The van der Waals surface area contributed by atoms with E-state index >= 15 is 0 Å². The first-order valence-electron chi connectivity index (χ1n) is 7.47. The van der Waals surface area contributed by atoms with Crippen LogP contribution in [0.5, 0.6) is 0 Å². The Kier molecular flexibility index (Phi) is 2.76. The van der Waals surface area contributed by atoms with Gasteiger partial charge in [-0.2, -0.15) is 0 Å². The molecule has 1 unspecified atom stereocenters. The minimum absolute atomic E-state index is 0.559. The van der Waals surface area contributed by atoms with Crippen molar-refractivity contribution in [3.8, 4) is 0 Å². The zero-order valence-corrected chi connectivity index (χ0v) is 11.2. The van der Waals surface area contributed by atoms with Crippen molar-refractivity contribution in [1.29, 1.82) is 0 Å².